The summed E-state index contributed by atoms with van der Waals surface area (Å²) in [7, 11) is 1.46. The van der Waals surface area contributed by atoms with Gasteiger partial charge in [-0.1, -0.05) is 0 Å². The van der Waals surface area contributed by atoms with Crippen LogP contribution in [0.2, 0.25) is 0 Å². The number of aliphatic hydroxyl groups is 1. The Morgan fingerprint density at radius 1 is 1.50 bits per heavy atom. The summed E-state index contributed by atoms with van der Waals surface area (Å²) in [6.07, 6.45) is -1.43. The first kappa shape index (κ1) is 13.8. The fourth-order valence-electron chi connectivity index (χ4n) is 1.24. The van der Waals surface area contributed by atoms with Crippen molar-refractivity contribution in [1.29, 1.82) is 0 Å². The predicted molar refractivity (Wildman–Crippen MR) is 64.9 cm³/mol. The number of ether oxygens (including phenoxy) is 1. The summed E-state index contributed by atoms with van der Waals surface area (Å²) in [5.41, 5.74) is 11.0. The number of benzene rings is 1. The molecule has 2 amide bonds. The molecule has 0 heterocycles. The molecule has 0 aliphatic carbocycles. The molecule has 1 unspecified atom stereocenters. The Morgan fingerprint density at radius 2 is 2.17 bits per heavy atom. The van der Waals surface area contributed by atoms with E-state index in [1.807, 2.05) is 0 Å². The van der Waals surface area contributed by atoms with Gasteiger partial charge in [0.15, 0.2) is 0 Å². The molecule has 0 bridgehead atoms. The third-order valence-electron chi connectivity index (χ3n) is 2.29. The molecule has 0 saturated heterocycles. The van der Waals surface area contributed by atoms with Crippen molar-refractivity contribution in [1.82, 2.24) is 5.32 Å². The number of nitrogen functional groups attached to an aromatic ring is 1. The molecule has 0 aliphatic heterocycles. The topological polar surface area (TPSA) is 128 Å². The van der Waals surface area contributed by atoms with E-state index in [0.717, 1.165) is 0 Å². The normalized spacial score (nSPS) is 11.7. The summed E-state index contributed by atoms with van der Waals surface area (Å²) >= 11 is 0. The Balaban J connectivity index is 2.75. The lowest BCUT2D eigenvalue weighted by molar-refractivity contribution is -0.125. The van der Waals surface area contributed by atoms with Crippen LogP contribution >= 0.6 is 0 Å². The van der Waals surface area contributed by atoms with E-state index in [2.05, 4.69) is 5.32 Å². The van der Waals surface area contributed by atoms with E-state index >= 15 is 0 Å². The van der Waals surface area contributed by atoms with Gasteiger partial charge < -0.3 is 26.6 Å². The molecule has 0 radical (unpaired) electrons. The first-order valence-corrected chi connectivity index (χ1v) is 5.14. The minimum atomic E-state index is -1.43. The van der Waals surface area contributed by atoms with Crippen molar-refractivity contribution in [2.45, 2.75) is 6.10 Å². The Kier molecular flexibility index (Phi) is 4.50. The number of hydrogen-bond donors (Lipinski definition) is 4. The molecule has 6 N–H and O–H groups in total. The summed E-state index contributed by atoms with van der Waals surface area (Å²) in [4.78, 5) is 22.3. The minimum absolute atomic E-state index is 0.200. The van der Waals surface area contributed by atoms with Crippen LogP contribution in [0.3, 0.4) is 0 Å². The first-order valence-electron chi connectivity index (χ1n) is 5.14. The number of nitrogens with two attached hydrogens (primary N) is 2. The third kappa shape index (κ3) is 3.36. The quantitative estimate of drug-likeness (QED) is 0.493. The molecule has 0 saturated carbocycles. The van der Waals surface area contributed by atoms with Crippen molar-refractivity contribution in [3.8, 4) is 5.75 Å². The maximum atomic E-state index is 11.8. The van der Waals surface area contributed by atoms with Crippen molar-refractivity contribution < 1.29 is 19.4 Å². The smallest absolute Gasteiger partial charge is 0.253 e. The van der Waals surface area contributed by atoms with Crippen molar-refractivity contribution in [2.24, 2.45) is 5.73 Å². The molecule has 0 fully saturated rings. The molecule has 1 aromatic rings. The summed E-state index contributed by atoms with van der Waals surface area (Å²) in [5, 5.41) is 11.5. The fourth-order valence-corrected chi connectivity index (χ4v) is 1.24. The zero-order valence-corrected chi connectivity index (χ0v) is 9.84. The summed E-state index contributed by atoms with van der Waals surface area (Å²) in [6.45, 7) is -0.273. The summed E-state index contributed by atoms with van der Waals surface area (Å²) in [5.74, 6) is -0.953. The van der Waals surface area contributed by atoms with Gasteiger partial charge in [0.1, 0.15) is 11.9 Å². The number of nitrogens with one attached hydrogen (secondary N) is 1. The lowest BCUT2D eigenvalue weighted by atomic mass is 10.1. The van der Waals surface area contributed by atoms with Gasteiger partial charge in [0.05, 0.1) is 19.2 Å². The second kappa shape index (κ2) is 5.87. The van der Waals surface area contributed by atoms with Gasteiger partial charge in [0, 0.05) is 5.69 Å². The SMILES string of the molecule is COc1ccc(N)c(C(=O)NCC(O)C(N)=O)c1. The second-order valence-corrected chi connectivity index (χ2v) is 3.58. The monoisotopic (exact) mass is 253 g/mol. The molecule has 1 atom stereocenters. The Labute approximate surface area is 104 Å². The van der Waals surface area contributed by atoms with E-state index in [4.69, 9.17) is 21.3 Å². The summed E-state index contributed by atoms with van der Waals surface area (Å²) < 4.78 is 4.96. The van der Waals surface area contributed by atoms with E-state index < -0.39 is 17.9 Å². The van der Waals surface area contributed by atoms with Crippen molar-refractivity contribution >= 4 is 17.5 Å². The maximum absolute atomic E-state index is 11.8. The first-order chi connectivity index (χ1) is 8.45. The zero-order chi connectivity index (χ0) is 13.7. The van der Waals surface area contributed by atoms with E-state index in [1.54, 1.807) is 6.07 Å². The van der Waals surface area contributed by atoms with Crippen LogP contribution in [0.5, 0.6) is 5.75 Å². The molecular formula is C11H15N3O4. The van der Waals surface area contributed by atoms with Crippen LogP contribution in [0.4, 0.5) is 5.69 Å². The van der Waals surface area contributed by atoms with Crippen molar-refractivity contribution in [3.05, 3.63) is 23.8 Å². The average Bonchev–Trinajstić information content (AvgIpc) is 2.35. The molecule has 0 spiro atoms. The minimum Gasteiger partial charge on any atom is -0.497 e. The lowest BCUT2D eigenvalue weighted by Gasteiger charge is -2.11. The van der Waals surface area contributed by atoms with E-state index in [9.17, 15) is 9.59 Å². The number of amides is 2. The molecule has 98 valence electrons. The molecule has 7 heteroatoms. The number of aliphatic hydroxyl groups excluding tert-OH is 1. The standard InChI is InChI=1S/C11H15N3O4/c1-18-6-2-3-8(12)7(4-6)11(17)14-5-9(15)10(13)16/h2-4,9,15H,5,12H2,1H3,(H2,13,16)(H,14,17). The zero-order valence-electron chi connectivity index (χ0n) is 9.84. The van der Waals surface area contributed by atoms with Gasteiger partial charge in [0.25, 0.3) is 5.91 Å². The highest BCUT2D eigenvalue weighted by Crippen LogP contribution is 2.19. The molecule has 18 heavy (non-hydrogen) atoms. The maximum Gasteiger partial charge on any atom is 0.253 e. The fraction of sp³-hybridized carbons (Fsp3) is 0.273. The number of rotatable bonds is 5. The van der Waals surface area contributed by atoms with Crippen LogP contribution in [-0.4, -0.2) is 36.7 Å². The highest BCUT2D eigenvalue weighted by atomic mass is 16.5. The number of methoxy groups -OCH3 is 1. The molecule has 0 aromatic heterocycles. The van der Waals surface area contributed by atoms with Crippen molar-refractivity contribution in [3.63, 3.8) is 0 Å². The van der Waals surface area contributed by atoms with Gasteiger partial charge in [-0.25, -0.2) is 0 Å². The lowest BCUT2D eigenvalue weighted by Crippen LogP contribution is -2.40. The van der Waals surface area contributed by atoms with E-state index in [0.29, 0.717) is 5.75 Å². The van der Waals surface area contributed by atoms with Gasteiger partial charge >= 0.3 is 0 Å². The Bertz CT molecular complexity index is 462. The van der Waals surface area contributed by atoms with Crippen LogP contribution in [0, 0.1) is 0 Å². The number of anilines is 1. The number of carbonyl (C=O) groups excluding carboxylic acids is 2. The van der Waals surface area contributed by atoms with Gasteiger partial charge in [-0.15, -0.1) is 0 Å². The highest BCUT2D eigenvalue weighted by molar-refractivity contribution is 5.99. The van der Waals surface area contributed by atoms with Gasteiger partial charge in [0.2, 0.25) is 5.91 Å². The molecule has 1 rings (SSSR count). The number of carbonyl (C=O) groups is 2. The van der Waals surface area contributed by atoms with Crippen LogP contribution in [0.1, 0.15) is 10.4 Å². The van der Waals surface area contributed by atoms with E-state index in [1.165, 1.54) is 19.2 Å². The van der Waals surface area contributed by atoms with Crippen LogP contribution in [0.15, 0.2) is 18.2 Å². The number of hydrogen-bond acceptors (Lipinski definition) is 5. The van der Waals surface area contributed by atoms with Crippen LogP contribution in [-0.2, 0) is 4.79 Å². The Morgan fingerprint density at radius 3 is 2.72 bits per heavy atom. The highest BCUT2D eigenvalue weighted by Gasteiger charge is 2.15. The van der Waals surface area contributed by atoms with Gasteiger partial charge in [-0.05, 0) is 18.2 Å². The van der Waals surface area contributed by atoms with Crippen LogP contribution in [0.25, 0.3) is 0 Å². The van der Waals surface area contributed by atoms with Gasteiger partial charge in [-0.2, -0.15) is 0 Å². The third-order valence-corrected chi connectivity index (χ3v) is 2.29. The summed E-state index contributed by atoms with van der Waals surface area (Å²) in [6, 6.07) is 4.60. The molecular weight excluding hydrogens is 238 g/mol. The molecule has 1 aromatic carbocycles. The number of primary amides is 1. The van der Waals surface area contributed by atoms with Crippen molar-refractivity contribution in [2.75, 3.05) is 19.4 Å². The Hall–Kier alpha value is -2.28. The molecule has 7 nitrogen and oxygen atoms in total. The average molecular weight is 253 g/mol. The van der Waals surface area contributed by atoms with Crippen LogP contribution < -0.4 is 21.5 Å². The second-order valence-electron chi connectivity index (χ2n) is 3.58. The largest absolute Gasteiger partial charge is 0.497 e. The predicted octanol–water partition coefficient (Wildman–Crippen LogP) is -1.15. The van der Waals surface area contributed by atoms with E-state index in [-0.39, 0.29) is 17.8 Å². The van der Waals surface area contributed by atoms with Gasteiger partial charge in [-0.3, -0.25) is 9.59 Å². The molecule has 0 aliphatic rings.